The lowest BCUT2D eigenvalue weighted by molar-refractivity contribution is -0.384. The Morgan fingerprint density at radius 2 is 1.73 bits per heavy atom. The van der Waals surface area contributed by atoms with Gasteiger partial charge in [-0.05, 0) is 18.2 Å². The van der Waals surface area contributed by atoms with E-state index in [1.165, 1.54) is 23.7 Å². The van der Waals surface area contributed by atoms with Gasteiger partial charge in [0.25, 0.3) is 11.2 Å². The predicted molar refractivity (Wildman–Crippen MR) is 125 cm³/mol. The minimum Gasteiger partial charge on any atom is -0.486 e. The first-order chi connectivity index (χ1) is 15.8. The van der Waals surface area contributed by atoms with E-state index >= 15 is 0 Å². The van der Waals surface area contributed by atoms with E-state index in [1.54, 1.807) is 42.1 Å². The third-order valence-corrected chi connectivity index (χ3v) is 6.35. The van der Waals surface area contributed by atoms with Gasteiger partial charge in [-0.2, -0.15) is 0 Å². The van der Waals surface area contributed by atoms with Gasteiger partial charge in [-0.1, -0.05) is 15.9 Å². The summed E-state index contributed by atoms with van der Waals surface area (Å²) in [6, 6.07) is 9.66. The number of ether oxygens (including phenoxy) is 2. The number of hydrogen-bond donors (Lipinski definition) is 0. The Kier molecular flexibility index (Phi) is 4.85. The van der Waals surface area contributed by atoms with Crippen LogP contribution in [0.5, 0.6) is 11.5 Å². The average molecular weight is 513 g/mol. The summed E-state index contributed by atoms with van der Waals surface area (Å²) in [7, 11) is 2.97. The number of nitrogens with zero attached hydrogens (tertiary/aromatic N) is 4. The Morgan fingerprint density at radius 3 is 2.45 bits per heavy atom. The van der Waals surface area contributed by atoms with Gasteiger partial charge in [0.2, 0.25) is 0 Å². The molecule has 2 aromatic heterocycles. The quantitative estimate of drug-likeness (QED) is 0.308. The molecule has 11 heteroatoms. The first-order valence-corrected chi connectivity index (χ1v) is 10.7. The number of aryl methyl sites for hydroxylation is 1. The van der Waals surface area contributed by atoms with Crippen molar-refractivity contribution in [1.29, 1.82) is 0 Å². The molecule has 0 N–H and O–H groups in total. The van der Waals surface area contributed by atoms with E-state index in [2.05, 4.69) is 15.9 Å². The van der Waals surface area contributed by atoms with Gasteiger partial charge in [-0.15, -0.1) is 0 Å². The lowest BCUT2D eigenvalue weighted by Gasteiger charge is -2.20. The Balaban J connectivity index is 1.92. The smallest absolute Gasteiger partial charge is 0.330 e. The van der Waals surface area contributed by atoms with Crippen LogP contribution in [0.1, 0.15) is 0 Å². The van der Waals surface area contributed by atoms with Crippen molar-refractivity contribution < 1.29 is 14.4 Å². The molecule has 0 fully saturated rings. The molecular formula is C22H17BrN4O6. The van der Waals surface area contributed by atoms with Gasteiger partial charge in [-0.25, -0.2) is 4.79 Å². The Morgan fingerprint density at radius 1 is 1.00 bits per heavy atom. The number of aromatic nitrogens is 3. The second-order valence-corrected chi connectivity index (χ2v) is 8.42. The number of rotatable bonds is 3. The fourth-order valence-corrected chi connectivity index (χ4v) is 4.43. The second-order valence-electron chi connectivity index (χ2n) is 7.56. The number of non-ortho nitro benzene ring substituents is 1. The van der Waals surface area contributed by atoms with Gasteiger partial charge in [0, 0.05) is 54.2 Å². The molecule has 0 bridgehead atoms. The van der Waals surface area contributed by atoms with Crippen LogP contribution >= 0.6 is 15.9 Å². The highest BCUT2D eigenvalue weighted by Gasteiger charge is 2.24. The van der Waals surface area contributed by atoms with Crippen molar-refractivity contribution in [3.63, 3.8) is 0 Å². The summed E-state index contributed by atoms with van der Waals surface area (Å²) >= 11 is 3.47. The van der Waals surface area contributed by atoms with Crippen LogP contribution in [0.15, 0.2) is 56.7 Å². The third-order valence-electron chi connectivity index (χ3n) is 5.66. The van der Waals surface area contributed by atoms with Gasteiger partial charge < -0.3 is 14.0 Å². The van der Waals surface area contributed by atoms with E-state index in [0.29, 0.717) is 51.6 Å². The summed E-state index contributed by atoms with van der Waals surface area (Å²) in [6.45, 7) is 0.853. The normalized spacial score (nSPS) is 12.8. The lowest BCUT2D eigenvalue weighted by Crippen LogP contribution is -2.36. The van der Waals surface area contributed by atoms with Crippen LogP contribution in [0.25, 0.3) is 27.8 Å². The molecule has 1 aliphatic heterocycles. The number of hydrogen-bond acceptors (Lipinski definition) is 6. The van der Waals surface area contributed by atoms with Crippen LogP contribution in [0.4, 0.5) is 5.69 Å². The molecule has 0 saturated carbocycles. The van der Waals surface area contributed by atoms with E-state index < -0.39 is 16.2 Å². The predicted octanol–water partition coefficient (Wildman–Crippen LogP) is 3.14. The minimum atomic E-state index is -0.502. The SMILES string of the molecule is Cn1c(=O)c2c(-c3cc([N+](=O)[O-])ccc3Br)n(-c3ccc4c(c3)OCCO4)cc2n(C)c1=O. The molecule has 33 heavy (non-hydrogen) atoms. The average Bonchev–Trinajstić information content (AvgIpc) is 3.22. The summed E-state index contributed by atoms with van der Waals surface area (Å²) in [5.74, 6) is 1.14. The molecule has 3 heterocycles. The Hall–Kier alpha value is -3.86. The fraction of sp³-hybridized carbons (Fsp3) is 0.182. The third kappa shape index (κ3) is 3.23. The van der Waals surface area contributed by atoms with Crippen molar-refractivity contribution in [3.05, 3.63) is 78.0 Å². The molecule has 0 amide bonds. The second kappa shape index (κ2) is 7.62. The monoisotopic (exact) mass is 512 g/mol. The maximum absolute atomic E-state index is 13.2. The maximum atomic E-state index is 13.2. The first-order valence-electron chi connectivity index (χ1n) is 9.93. The van der Waals surface area contributed by atoms with Crippen LogP contribution in [-0.2, 0) is 14.1 Å². The van der Waals surface area contributed by atoms with Crippen LogP contribution in [-0.4, -0.2) is 31.8 Å². The van der Waals surface area contributed by atoms with Gasteiger partial charge in [-0.3, -0.25) is 24.0 Å². The standard InChI is InChI=1S/C22H17BrN4O6/c1-24-16-11-26(12-4-6-17-18(10-12)33-8-7-32-17)20(19(16)21(28)25(2)22(24)29)14-9-13(27(30)31)3-5-15(14)23/h3-6,9-11H,7-8H2,1-2H3. The molecule has 168 valence electrons. The number of nitro groups is 1. The molecule has 1 aliphatic rings. The van der Waals surface area contributed by atoms with Crippen LogP contribution in [0.2, 0.25) is 0 Å². The topological polar surface area (TPSA) is 111 Å². The summed E-state index contributed by atoms with van der Waals surface area (Å²) in [5, 5.41) is 11.7. The number of fused-ring (bicyclic) bond motifs is 2. The van der Waals surface area contributed by atoms with Gasteiger partial charge in [0.1, 0.15) is 13.2 Å². The van der Waals surface area contributed by atoms with Crippen molar-refractivity contribution >= 4 is 32.5 Å². The molecular weight excluding hydrogens is 496 g/mol. The Bertz CT molecular complexity index is 1580. The van der Waals surface area contributed by atoms with E-state index in [4.69, 9.17) is 9.47 Å². The summed E-state index contributed by atoms with van der Waals surface area (Å²) in [5.41, 5.74) is 0.773. The molecule has 0 saturated heterocycles. The maximum Gasteiger partial charge on any atom is 0.330 e. The van der Waals surface area contributed by atoms with Crippen molar-refractivity contribution in [2.45, 2.75) is 0 Å². The number of nitro benzene ring substituents is 1. The van der Waals surface area contributed by atoms with E-state index in [1.807, 2.05) is 0 Å². The molecule has 0 spiro atoms. The molecule has 0 radical (unpaired) electrons. The zero-order valence-electron chi connectivity index (χ0n) is 17.6. The molecule has 5 rings (SSSR count). The molecule has 0 unspecified atom stereocenters. The zero-order valence-corrected chi connectivity index (χ0v) is 19.2. The van der Waals surface area contributed by atoms with Crippen molar-refractivity contribution in [2.24, 2.45) is 14.1 Å². The molecule has 4 aromatic rings. The zero-order chi connectivity index (χ0) is 23.4. The summed E-state index contributed by atoms with van der Waals surface area (Å²) in [6.07, 6.45) is 1.67. The molecule has 0 aliphatic carbocycles. The Labute approximate surface area is 194 Å². The molecule has 2 aromatic carbocycles. The highest BCUT2D eigenvalue weighted by atomic mass is 79.9. The van der Waals surface area contributed by atoms with E-state index in [-0.39, 0.29) is 11.1 Å². The summed E-state index contributed by atoms with van der Waals surface area (Å²) < 4.78 is 16.0. The first kappa shape index (κ1) is 21.0. The lowest BCUT2D eigenvalue weighted by atomic mass is 10.1. The fourth-order valence-electron chi connectivity index (χ4n) is 4.00. The van der Waals surface area contributed by atoms with Crippen LogP contribution in [0, 0.1) is 10.1 Å². The van der Waals surface area contributed by atoms with Crippen LogP contribution in [0.3, 0.4) is 0 Å². The van der Waals surface area contributed by atoms with Crippen molar-refractivity contribution in [1.82, 2.24) is 13.7 Å². The van der Waals surface area contributed by atoms with Crippen molar-refractivity contribution in [3.8, 4) is 28.4 Å². The van der Waals surface area contributed by atoms with Crippen molar-refractivity contribution in [2.75, 3.05) is 13.2 Å². The largest absolute Gasteiger partial charge is 0.486 e. The number of halogens is 1. The van der Waals surface area contributed by atoms with Gasteiger partial charge >= 0.3 is 5.69 Å². The highest BCUT2D eigenvalue weighted by Crippen LogP contribution is 2.39. The van der Waals surface area contributed by atoms with Crippen LogP contribution < -0.4 is 20.7 Å². The van der Waals surface area contributed by atoms with Gasteiger partial charge in [0.05, 0.1) is 21.5 Å². The van der Waals surface area contributed by atoms with E-state index in [0.717, 1.165) is 4.57 Å². The molecule has 10 nitrogen and oxygen atoms in total. The van der Waals surface area contributed by atoms with E-state index in [9.17, 15) is 19.7 Å². The number of benzene rings is 2. The molecule has 0 atom stereocenters. The van der Waals surface area contributed by atoms with Gasteiger partial charge in [0.15, 0.2) is 11.5 Å². The highest BCUT2D eigenvalue weighted by molar-refractivity contribution is 9.10. The summed E-state index contributed by atoms with van der Waals surface area (Å²) in [4.78, 5) is 36.8. The minimum absolute atomic E-state index is 0.127.